The summed E-state index contributed by atoms with van der Waals surface area (Å²) in [7, 11) is 0. The van der Waals surface area contributed by atoms with Crippen LogP contribution in [-0.2, 0) is 17.8 Å². The molecule has 1 N–H and O–H groups in total. The van der Waals surface area contributed by atoms with Crippen LogP contribution in [0, 0.1) is 18.8 Å². The van der Waals surface area contributed by atoms with E-state index >= 15 is 0 Å². The fourth-order valence-corrected chi connectivity index (χ4v) is 4.71. The topological polar surface area (TPSA) is 41.6 Å². The van der Waals surface area contributed by atoms with E-state index in [1.807, 2.05) is 38.1 Å². The fourth-order valence-electron chi connectivity index (χ4n) is 4.71. The number of hydrogen-bond acceptors (Lipinski definition) is 3. The van der Waals surface area contributed by atoms with Crippen molar-refractivity contribution in [2.24, 2.45) is 11.8 Å². The summed E-state index contributed by atoms with van der Waals surface area (Å²) in [4.78, 5) is 15.5. The van der Waals surface area contributed by atoms with Crippen LogP contribution in [0.5, 0.6) is 5.75 Å². The molecule has 0 unspecified atom stereocenters. The first kappa shape index (κ1) is 20.0. The monoisotopic (exact) mass is 392 g/mol. The summed E-state index contributed by atoms with van der Waals surface area (Å²) < 4.78 is 5.72. The van der Waals surface area contributed by atoms with Crippen molar-refractivity contribution in [3.8, 4) is 5.75 Å². The molecule has 0 radical (unpaired) electrons. The number of ether oxygens (including phenoxy) is 1. The van der Waals surface area contributed by atoms with E-state index in [4.69, 9.17) is 4.74 Å². The molecule has 1 aliphatic carbocycles. The number of carbonyl (C=O) groups excluding carboxylic acids is 1. The Morgan fingerprint density at radius 1 is 1.03 bits per heavy atom. The molecule has 154 valence electrons. The predicted molar refractivity (Wildman–Crippen MR) is 116 cm³/mol. The lowest BCUT2D eigenvalue weighted by Gasteiger charge is -2.54. The van der Waals surface area contributed by atoms with E-state index in [1.165, 1.54) is 17.5 Å². The molecule has 1 aliphatic heterocycles. The van der Waals surface area contributed by atoms with Gasteiger partial charge in [0, 0.05) is 12.6 Å². The van der Waals surface area contributed by atoms with Gasteiger partial charge >= 0.3 is 0 Å². The minimum atomic E-state index is 0.152. The molecule has 2 fully saturated rings. The quantitative estimate of drug-likeness (QED) is 0.775. The Labute approximate surface area is 174 Å². The molecule has 29 heavy (non-hydrogen) atoms. The number of amides is 1. The van der Waals surface area contributed by atoms with Gasteiger partial charge in [-0.15, -0.1) is 0 Å². The van der Waals surface area contributed by atoms with Crippen molar-refractivity contribution in [2.75, 3.05) is 13.1 Å². The molecule has 4 rings (SSSR count). The molecule has 2 bridgehead atoms. The standard InChI is InChI=1S/C25H32N2O2/c1-17(2)29-23-10-8-19(9-11-23)12-24(28)27(16-20-6-4-18(3)5-7-20)25-21-13-22(25)15-26-14-21/h4-11,17,21-22,25-26H,12-16H2,1-3H3/t21-,22+,25+. The third-order valence-electron chi connectivity index (χ3n) is 6.19. The van der Waals surface area contributed by atoms with Gasteiger partial charge < -0.3 is 15.0 Å². The molecule has 1 heterocycles. The first-order chi connectivity index (χ1) is 14.0. The zero-order valence-corrected chi connectivity index (χ0v) is 17.7. The van der Waals surface area contributed by atoms with Crippen LogP contribution < -0.4 is 10.1 Å². The zero-order chi connectivity index (χ0) is 20.4. The highest BCUT2D eigenvalue weighted by Crippen LogP contribution is 2.41. The number of aryl methyl sites for hydroxylation is 1. The normalized spacial score (nSPS) is 22.8. The molecule has 1 amide bonds. The van der Waals surface area contributed by atoms with Crippen molar-refractivity contribution < 1.29 is 9.53 Å². The van der Waals surface area contributed by atoms with E-state index in [1.54, 1.807) is 0 Å². The second-order valence-corrected chi connectivity index (χ2v) is 8.90. The first-order valence-electron chi connectivity index (χ1n) is 10.8. The Morgan fingerprint density at radius 3 is 2.24 bits per heavy atom. The highest BCUT2D eigenvalue weighted by atomic mass is 16.5. The van der Waals surface area contributed by atoms with Gasteiger partial charge in [-0.2, -0.15) is 0 Å². The van der Waals surface area contributed by atoms with Crippen LogP contribution in [0.3, 0.4) is 0 Å². The van der Waals surface area contributed by atoms with Crippen molar-refractivity contribution in [3.63, 3.8) is 0 Å². The van der Waals surface area contributed by atoms with Gasteiger partial charge in [-0.25, -0.2) is 0 Å². The Balaban J connectivity index is 1.49. The molecular formula is C25H32N2O2. The van der Waals surface area contributed by atoms with Gasteiger partial charge in [0.1, 0.15) is 5.75 Å². The van der Waals surface area contributed by atoms with Crippen molar-refractivity contribution >= 4 is 5.91 Å². The summed E-state index contributed by atoms with van der Waals surface area (Å²) >= 11 is 0. The Bertz CT molecular complexity index is 815. The average Bonchev–Trinajstić information content (AvgIpc) is 2.70. The molecule has 4 heteroatoms. The van der Waals surface area contributed by atoms with E-state index in [-0.39, 0.29) is 12.0 Å². The number of nitrogens with zero attached hydrogens (tertiary/aromatic N) is 1. The lowest BCUT2D eigenvalue weighted by molar-refractivity contribution is -0.142. The second kappa shape index (κ2) is 8.58. The van der Waals surface area contributed by atoms with E-state index in [0.717, 1.165) is 24.4 Å². The molecular weight excluding hydrogens is 360 g/mol. The highest BCUT2D eigenvalue weighted by molar-refractivity contribution is 5.79. The van der Waals surface area contributed by atoms with Crippen LogP contribution in [-0.4, -0.2) is 36.0 Å². The third kappa shape index (κ3) is 4.64. The molecule has 2 aromatic rings. The third-order valence-corrected chi connectivity index (χ3v) is 6.19. The van der Waals surface area contributed by atoms with Crippen LogP contribution in [0.1, 0.15) is 37.0 Å². The van der Waals surface area contributed by atoms with Crippen molar-refractivity contribution in [2.45, 2.75) is 52.3 Å². The summed E-state index contributed by atoms with van der Waals surface area (Å²) in [5.74, 6) is 2.26. The fraction of sp³-hybridized carbons (Fsp3) is 0.480. The van der Waals surface area contributed by atoms with Crippen LogP contribution in [0.2, 0.25) is 0 Å². The molecule has 0 spiro atoms. The van der Waals surface area contributed by atoms with Gasteiger partial charge in [0.05, 0.1) is 12.5 Å². The minimum Gasteiger partial charge on any atom is -0.491 e. The van der Waals surface area contributed by atoms with Crippen LogP contribution >= 0.6 is 0 Å². The van der Waals surface area contributed by atoms with E-state index in [0.29, 0.717) is 30.8 Å². The van der Waals surface area contributed by atoms with Gasteiger partial charge in [-0.1, -0.05) is 42.0 Å². The van der Waals surface area contributed by atoms with Crippen molar-refractivity contribution in [3.05, 3.63) is 65.2 Å². The van der Waals surface area contributed by atoms with Gasteiger partial charge in [0.15, 0.2) is 0 Å². The van der Waals surface area contributed by atoms with E-state index < -0.39 is 0 Å². The second-order valence-electron chi connectivity index (χ2n) is 8.90. The molecule has 3 atom stereocenters. The molecule has 1 saturated carbocycles. The van der Waals surface area contributed by atoms with Crippen LogP contribution in [0.4, 0.5) is 0 Å². The zero-order valence-electron chi connectivity index (χ0n) is 17.7. The molecule has 4 nitrogen and oxygen atoms in total. The van der Waals surface area contributed by atoms with Gasteiger partial charge in [0.2, 0.25) is 5.91 Å². The lowest BCUT2D eigenvalue weighted by atomic mass is 9.66. The molecule has 2 aliphatic rings. The van der Waals surface area contributed by atoms with Gasteiger partial charge in [-0.05, 0) is 75.4 Å². The highest BCUT2D eigenvalue weighted by Gasteiger charge is 2.48. The summed E-state index contributed by atoms with van der Waals surface area (Å²) in [5.41, 5.74) is 3.50. The maximum Gasteiger partial charge on any atom is 0.227 e. The number of nitrogens with one attached hydrogen (secondary N) is 1. The minimum absolute atomic E-state index is 0.152. The molecule has 1 saturated heterocycles. The van der Waals surface area contributed by atoms with E-state index in [9.17, 15) is 4.79 Å². The largest absolute Gasteiger partial charge is 0.491 e. The number of benzene rings is 2. The van der Waals surface area contributed by atoms with Gasteiger partial charge in [0.25, 0.3) is 0 Å². The van der Waals surface area contributed by atoms with Crippen LogP contribution in [0.25, 0.3) is 0 Å². The summed E-state index contributed by atoms with van der Waals surface area (Å²) in [6.07, 6.45) is 1.84. The summed E-state index contributed by atoms with van der Waals surface area (Å²) in [6.45, 7) is 8.89. The maximum atomic E-state index is 13.4. The SMILES string of the molecule is Cc1ccc(CN(C(=O)Cc2ccc(OC(C)C)cc2)[C@@H]2[C@@H]3CNC[C@H]2C3)cc1. The van der Waals surface area contributed by atoms with Crippen LogP contribution in [0.15, 0.2) is 48.5 Å². The molecule has 0 aromatic heterocycles. The number of piperidine rings is 2. The number of rotatable bonds is 7. The summed E-state index contributed by atoms with van der Waals surface area (Å²) in [5, 5.41) is 3.50. The average molecular weight is 393 g/mol. The number of fused-ring (bicyclic) bond motifs is 2. The van der Waals surface area contributed by atoms with Crippen molar-refractivity contribution in [1.29, 1.82) is 0 Å². The molecule has 2 aromatic carbocycles. The summed E-state index contributed by atoms with van der Waals surface area (Å²) in [6, 6.07) is 16.9. The predicted octanol–water partition coefficient (Wildman–Crippen LogP) is 3.96. The first-order valence-corrected chi connectivity index (χ1v) is 10.8. The van der Waals surface area contributed by atoms with Crippen molar-refractivity contribution in [1.82, 2.24) is 10.2 Å². The Kier molecular flexibility index (Phi) is 5.91. The smallest absolute Gasteiger partial charge is 0.227 e. The Hall–Kier alpha value is -2.33. The Morgan fingerprint density at radius 2 is 1.66 bits per heavy atom. The number of hydrogen-bond donors (Lipinski definition) is 1. The van der Waals surface area contributed by atoms with E-state index in [2.05, 4.69) is 41.4 Å². The van der Waals surface area contributed by atoms with Gasteiger partial charge in [-0.3, -0.25) is 4.79 Å². The number of carbonyl (C=O) groups is 1. The maximum absolute atomic E-state index is 13.4. The lowest BCUT2D eigenvalue weighted by Crippen LogP contribution is -2.64.